The second kappa shape index (κ2) is 9.52. The van der Waals surface area contributed by atoms with Crippen molar-refractivity contribution in [1.29, 1.82) is 0 Å². The van der Waals surface area contributed by atoms with Crippen molar-refractivity contribution in [1.82, 2.24) is 5.32 Å². The first kappa shape index (κ1) is 20.2. The van der Waals surface area contributed by atoms with Crippen LogP contribution in [0.2, 0.25) is 0 Å². The maximum atomic E-state index is 12.4. The van der Waals surface area contributed by atoms with Crippen molar-refractivity contribution >= 4 is 17.7 Å². The van der Waals surface area contributed by atoms with Crippen LogP contribution >= 0.6 is 0 Å². The zero-order chi connectivity index (χ0) is 19.8. The molecule has 2 atom stereocenters. The van der Waals surface area contributed by atoms with E-state index in [0.29, 0.717) is 23.5 Å². The van der Waals surface area contributed by atoms with Gasteiger partial charge in [0.1, 0.15) is 11.8 Å². The number of benzene rings is 2. The first-order chi connectivity index (χ1) is 12.9. The van der Waals surface area contributed by atoms with Gasteiger partial charge in [-0.1, -0.05) is 18.2 Å². The Hall–Kier alpha value is -3.15. The van der Waals surface area contributed by atoms with Gasteiger partial charge in [-0.15, -0.1) is 0 Å². The summed E-state index contributed by atoms with van der Waals surface area (Å²) in [6, 6.07) is 14.3. The average molecular weight is 369 g/mol. The van der Waals surface area contributed by atoms with Crippen molar-refractivity contribution in [2.75, 3.05) is 6.61 Å². The predicted octanol–water partition coefficient (Wildman–Crippen LogP) is 3.02. The van der Waals surface area contributed by atoms with Crippen LogP contribution in [-0.4, -0.2) is 36.4 Å². The lowest BCUT2D eigenvalue weighted by molar-refractivity contribution is -0.148. The fraction of sp³-hybridized carbons (Fsp3) is 0.286. The standard InChI is InChI=1S/C21H23NO5/c1-4-26-18-12-10-16(11-13-18)19(23)15(3)27-21(25)14(2)22-20(24)17-8-6-5-7-9-17/h5-15H,4H2,1-3H3,(H,22,24)/t14-,15-/m0/s1. The number of hydrogen-bond donors (Lipinski definition) is 1. The van der Waals surface area contributed by atoms with Crippen LogP contribution in [0, 0.1) is 0 Å². The highest BCUT2D eigenvalue weighted by molar-refractivity contribution is 6.01. The van der Waals surface area contributed by atoms with Crippen molar-refractivity contribution in [2.45, 2.75) is 32.9 Å². The molecule has 0 fully saturated rings. The van der Waals surface area contributed by atoms with Crippen LogP contribution in [0.1, 0.15) is 41.5 Å². The van der Waals surface area contributed by atoms with E-state index < -0.39 is 18.1 Å². The van der Waals surface area contributed by atoms with Crippen LogP contribution in [0.5, 0.6) is 5.75 Å². The quantitative estimate of drug-likeness (QED) is 0.571. The lowest BCUT2D eigenvalue weighted by Crippen LogP contribution is -2.41. The summed E-state index contributed by atoms with van der Waals surface area (Å²) in [6.07, 6.45) is -0.966. The molecule has 0 heterocycles. The summed E-state index contributed by atoms with van der Waals surface area (Å²) in [6.45, 7) is 5.42. The molecule has 0 radical (unpaired) electrons. The van der Waals surface area contributed by atoms with Crippen LogP contribution < -0.4 is 10.1 Å². The Balaban J connectivity index is 1.91. The van der Waals surface area contributed by atoms with Gasteiger partial charge in [0.05, 0.1) is 6.61 Å². The highest BCUT2D eigenvalue weighted by atomic mass is 16.5. The molecule has 6 heteroatoms. The molecule has 1 amide bonds. The van der Waals surface area contributed by atoms with Crippen LogP contribution in [-0.2, 0) is 9.53 Å². The van der Waals surface area contributed by atoms with E-state index in [-0.39, 0.29) is 11.7 Å². The molecule has 0 saturated carbocycles. The Bertz CT molecular complexity index is 786. The third-order valence-corrected chi connectivity index (χ3v) is 3.85. The second-order valence-electron chi connectivity index (χ2n) is 5.96. The summed E-state index contributed by atoms with van der Waals surface area (Å²) in [7, 11) is 0. The smallest absolute Gasteiger partial charge is 0.329 e. The number of nitrogens with one attached hydrogen (secondary N) is 1. The Morgan fingerprint density at radius 1 is 0.926 bits per heavy atom. The number of carbonyl (C=O) groups excluding carboxylic acids is 3. The molecule has 1 N–H and O–H groups in total. The van der Waals surface area contributed by atoms with E-state index >= 15 is 0 Å². The number of carbonyl (C=O) groups is 3. The van der Waals surface area contributed by atoms with Gasteiger partial charge in [-0.25, -0.2) is 4.79 Å². The van der Waals surface area contributed by atoms with E-state index in [9.17, 15) is 14.4 Å². The number of hydrogen-bond acceptors (Lipinski definition) is 5. The van der Waals surface area contributed by atoms with E-state index in [1.807, 2.05) is 6.92 Å². The first-order valence-corrected chi connectivity index (χ1v) is 8.75. The zero-order valence-corrected chi connectivity index (χ0v) is 15.6. The molecule has 2 rings (SSSR count). The Labute approximate surface area is 158 Å². The third kappa shape index (κ3) is 5.67. The maximum absolute atomic E-state index is 12.4. The highest BCUT2D eigenvalue weighted by Crippen LogP contribution is 2.14. The van der Waals surface area contributed by atoms with E-state index in [1.165, 1.54) is 13.8 Å². The van der Waals surface area contributed by atoms with Gasteiger partial charge in [0.15, 0.2) is 6.10 Å². The highest BCUT2D eigenvalue weighted by Gasteiger charge is 2.24. The van der Waals surface area contributed by atoms with E-state index in [1.54, 1.807) is 54.6 Å². The largest absolute Gasteiger partial charge is 0.494 e. The van der Waals surface area contributed by atoms with Gasteiger partial charge >= 0.3 is 5.97 Å². The summed E-state index contributed by atoms with van der Waals surface area (Å²) in [5.41, 5.74) is 0.857. The van der Waals surface area contributed by atoms with E-state index in [2.05, 4.69) is 5.32 Å². The lowest BCUT2D eigenvalue weighted by atomic mass is 10.1. The summed E-state index contributed by atoms with van der Waals surface area (Å²) in [4.78, 5) is 36.7. The minimum absolute atomic E-state index is 0.326. The fourth-order valence-corrected chi connectivity index (χ4v) is 2.38. The summed E-state index contributed by atoms with van der Waals surface area (Å²) in [5, 5.41) is 2.56. The molecule has 2 aromatic carbocycles. The normalized spacial score (nSPS) is 12.6. The van der Waals surface area contributed by atoms with Crippen molar-refractivity contribution in [2.24, 2.45) is 0 Å². The van der Waals surface area contributed by atoms with Crippen LogP contribution in [0.15, 0.2) is 54.6 Å². The molecule has 0 aromatic heterocycles. The molecule has 142 valence electrons. The maximum Gasteiger partial charge on any atom is 0.329 e. The Morgan fingerprint density at radius 3 is 2.15 bits per heavy atom. The van der Waals surface area contributed by atoms with Gasteiger partial charge in [-0.3, -0.25) is 9.59 Å². The van der Waals surface area contributed by atoms with Crippen LogP contribution in [0.25, 0.3) is 0 Å². The molecule has 0 aliphatic heterocycles. The van der Waals surface area contributed by atoms with Crippen molar-refractivity contribution < 1.29 is 23.9 Å². The van der Waals surface area contributed by atoms with Crippen molar-refractivity contribution in [3.63, 3.8) is 0 Å². The molecule has 0 spiro atoms. The summed E-state index contributed by atoms with van der Waals surface area (Å²) in [5.74, 6) is -0.722. The molecule has 27 heavy (non-hydrogen) atoms. The zero-order valence-electron chi connectivity index (χ0n) is 15.6. The van der Waals surface area contributed by atoms with Crippen molar-refractivity contribution in [3.05, 3.63) is 65.7 Å². The monoisotopic (exact) mass is 369 g/mol. The number of ketones is 1. The molecule has 0 unspecified atom stereocenters. The summed E-state index contributed by atoms with van der Waals surface area (Å²) < 4.78 is 10.5. The summed E-state index contributed by atoms with van der Waals surface area (Å²) >= 11 is 0. The number of esters is 1. The van der Waals surface area contributed by atoms with Crippen molar-refractivity contribution in [3.8, 4) is 5.75 Å². The van der Waals surface area contributed by atoms with Gasteiger partial charge < -0.3 is 14.8 Å². The molecular formula is C21H23NO5. The topological polar surface area (TPSA) is 81.7 Å². The lowest BCUT2D eigenvalue weighted by Gasteiger charge is -2.17. The van der Waals surface area contributed by atoms with Gasteiger partial charge in [0.2, 0.25) is 5.78 Å². The molecule has 0 aliphatic carbocycles. The van der Waals surface area contributed by atoms with Gasteiger partial charge in [-0.2, -0.15) is 0 Å². The molecular weight excluding hydrogens is 346 g/mol. The number of ether oxygens (including phenoxy) is 2. The molecule has 6 nitrogen and oxygen atoms in total. The van der Waals surface area contributed by atoms with Gasteiger partial charge in [0.25, 0.3) is 5.91 Å². The minimum Gasteiger partial charge on any atom is -0.494 e. The third-order valence-electron chi connectivity index (χ3n) is 3.85. The molecule has 0 aliphatic rings. The van der Waals surface area contributed by atoms with Crippen LogP contribution in [0.4, 0.5) is 0 Å². The Morgan fingerprint density at radius 2 is 1.56 bits per heavy atom. The second-order valence-corrected chi connectivity index (χ2v) is 5.96. The fourth-order valence-electron chi connectivity index (χ4n) is 2.38. The number of Topliss-reactive ketones (excluding diaryl/α,β-unsaturated/α-hetero) is 1. The van der Waals surface area contributed by atoms with E-state index in [4.69, 9.17) is 9.47 Å². The average Bonchev–Trinajstić information content (AvgIpc) is 2.68. The SMILES string of the molecule is CCOc1ccc(C(=O)[C@H](C)OC(=O)[C@H](C)NC(=O)c2ccccc2)cc1. The predicted molar refractivity (Wildman–Crippen MR) is 101 cm³/mol. The minimum atomic E-state index is -0.966. The van der Waals surface area contributed by atoms with Gasteiger partial charge in [-0.05, 0) is 57.2 Å². The van der Waals surface area contributed by atoms with E-state index in [0.717, 1.165) is 0 Å². The van der Waals surface area contributed by atoms with Gasteiger partial charge in [0, 0.05) is 11.1 Å². The molecule has 2 aromatic rings. The molecule has 0 saturated heterocycles. The van der Waals surface area contributed by atoms with Crippen LogP contribution in [0.3, 0.4) is 0 Å². The Kier molecular flexibility index (Phi) is 7.11. The first-order valence-electron chi connectivity index (χ1n) is 8.75. The number of rotatable bonds is 8. The number of amides is 1. The molecule has 0 bridgehead atoms.